The number of benzene rings is 1. The molecule has 29 heavy (non-hydrogen) atoms. The van der Waals surface area contributed by atoms with Crippen LogP contribution in [0.15, 0.2) is 30.3 Å². The van der Waals surface area contributed by atoms with Crippen molar-refractivity contribution in [1.29, 1.82) is 0 Å². The first-order valence-corrected chi connectivity index (χ1v) is 10.8. The average Bonchev–Trinajstić information content (AvgIpc) is 3.09. The van der Waals surface area contributed by atoms with E-state index in [2.05, 4.69) is 19.8 Å². The van der Waals surface area contributed by atoms with Gasteiger partial charge in [-0.3, -0.25) is 0 Å². The highest BCUT2D eigenvalue weighted by Crippen LogP contribution is 2.32. The zero-order chi connectivity index (χ0) is 20.1. The number of rotatable bonds is 5. The Morgan fingerprint density at radius 2 is 1.45 bits per heavy atom. The third-order valence-corrected chi connectivity index (χ3v) is 6.07. The standard InChI is InChI=1S/C22H31N5O2/c1-29-22-24-20(26-13-7-2-3-8-14-26)23-21(25-22)27-15-11-18(12-16-27)19(28)17-9-5-4-6-10-17/h4-6,9-10,18-19,28H,2-3,7-8,11-16H2,1H3. The molecule has 2 aliphatic rings. The monoisotopic (exact) mass is 397 g/mol. The lowest BCUT2D eigenvalue weighted by Gasteiger charge is -2.34. The molecule has 0 amide bonds. The summed E-state index contributed by atoms with van der Waals surface area (Å²) < 4.78 is 5.37. The fourth-order valence-corrected chi connectivity index (χ4v) is 4.32. The molecule has 156 valence electrons. The topological polar surface area (TPSA) is 74.6 Å². The second-order valence-corrected chi connectivity index (χ2v) is 8.00. The van der Waals surface area contributed by atoms with Gasteiger partial charge in [0.2, 0.25) is 11.9 Å². The first-order valence-electron chi connectivity index (χ1n) is 10.8. The third kappa shape index (κ3) is 4.78. The van der Waals surface area contributed by atoms with E-state index in [4.69, 9.17) is 9.72 Å². The first-order chi connectivity index (χ1) is 14.2. The van der Waals surface area contributed by atoms with Crippen LogP contribution < -0.4 is 14.5 Å². The lowest BCUT2D eigenvalue weighted by Crippen LogP contribution is -2.37. The molecule has 1 aromatic carbocycles. The highest BCUT2D eigenvalue weighted by Gasteiger charge is 2.28. The van der Waals surface area contributed by atoms with Crippen molar-refractivity contribution < 1.29 is 9.84 Å². The molecule has 1 N–H and O–H groups in total. The van der Waals surface area contributed by atoms with Gasteiger partial charge in [-0.1, -0.05) is 43.2 Å². The normalized spacial score (nSPS) is 19.7. The Bertz CT molecular complexity index is 772. The zero-order valence-electron chi connectivity index (χ0n) is 17.2. The molecule has 1 atom stereocenters. The van der Waals surface area contributed by atoms with E-state index < -0.39 is 6.10 Å². The van der Waals surface area contributed by atoms with E-state index in [9.17, 15) is 5.11 Å². The molecule has 1 unspecified atom stereocenters. The van der Waals surface area contributed by atoms with Crippen molar-refractivity contribution in [2.75, 3.05) is 43.1 Å². The number of aliphatic hydroxyl groups excluding tert-OH is 1. The SMILES string of the molecule is COc1nc(N2CCCCCC2)nc(N2CCC(C(O)c3ccccc3)CC2)n1. The maximum Gasteiger partial charge on any atom is 0.322 e. The molecular weight excluding hydrogens is 366 g/mol. The molecule has 7 nitrogen and oxygen atoms in total. The van der Waals surface area contributed by atoms with E-state index >= 15 is 0 Å². The Morgan fingerprint density at radius 3 is 2.03 bits per heavy atom. The maximum atomic E-state index is 10.7. The van der Waals surface area contributed by atoms with E-state index in [0.29, 0.717) is 12.0 Å². The van der Waals surface area contributed by atoms with E-state index in [-0.39, 0.29) is 5.92 Å². The Kier molecular flexibility index (Phi) is 6.44. The quantitative estimate of drug-likeness (QED) is 0.830. The molecule has 2 saturated heterocycles. The molecule has 0 spiro atoms. The lowest BCUT2D eigenvalue weighted by atomic mass is 9.87. The van der Waals surface area contributed by atoms with Crippen molar-refractivity contribution in [2.24, 2.45) is 5.92 Å². The van der Waals surface area contributed by atoms with Crippen LogP contribution in [0.5, 0.6) is 6.01 Å². The van der Waals surface area contributed by atoms with Gasteiger partial charge in [-0.25, -0.2) is 0 Å². The van der Waals surface area contributed by atoms with Crippen LogP contribution in [0.4, 0.5) is 11.9 Å². The smallest absolute Gasteiger partial charge is 0.322 e. The fraction of sp³-hybridized carbons (Fsp3) is 0.591. The van der Waals surface area contributed by atoms with Gasteiger partial charge in [-0.2, -0.15) is 15.0 Å². The molecule has 0 saturated carbocycles. The summed E-state index contributed by atoms with van der Waals surface area (Å²) in [7, 11) is 1.60. The van der Waals surface area contributed by atoms with Crippen LogP contribution in [0.3, 0.4) is 0 Å². The number of aliphatic hydroxyl groups is 1. The van der Waals surface area contributed by atoms with Gasteiger partial charge >= 0.3 is 6.01 Å². The molecule has 4 rings (SSSR count). The summed E-state index contributed by atoms with van der Waals surface area (Å²) in [4.78, 5) is 18.3. The number of nitrogens with zero attached hydrogens (tertiary/aromatic N) is 5. The summed E-state index contributed by atoms with van der Waals surface area (Å²) in [6.45, 7) is 3.61. The van der Waals surface area contributed by atoms with Crippen LogP contribution in [0.25, 0.3) is 0 Å². The van der Waals surface area contributed by atoms with Crippen LogP contribution in [0.2, 0.25) is 0 Å². The van der Waals surface area contributed by atoms with E-state index in [1.807, 2.05) is 30.3 Å². The minimum atomic E-state index is -0.418. The highest BCUT2D eigenvalue weighted by molar-refractivity contribution is 5.41. The minimum Gasteiger partial charge on any atom is -0.467 e. The number of methoxy groups -OCH3 is 1. The summed E-state index contributed by atoms with van der Waals surface area (Å²) in [5.41, 5.74) is 0.997. The van der Waals surface area contributed by atoms with Crippen LogP contribution in [0.1, 0.15) is 50.2 Å². The van der Waals surface area contributed by atoms with E-state index in [1.54, 1.807) is 7.11 Å². The second-order valence-electron chi connectivity index (χ2n) is 8.00. The van der Waals surface area contributed by atoms with Gasteiger partial charge in [-0.05, 0) is 37.2 Å². The van der Waals surface area contributed by atoms with Gasteiger partial charge in [0.1, 0.15) is 0 Å². The van der Waals surface area contributed by atoms with E-state index in [1.165, 1.54) is 25.7 Å². The first kappa shape index (κ1) is 19.9. The van der Waals surface area contributed by atoms with Crippen LogP contribution in [-0.2, 0) is 0 Å². The molecule has 2 fully saturated rings. The number of piperidine rings is 1. The zero-order valence-corrected chi connectivity index (χ0v) is 17.2. The number of hydrogen-bond acceptors (Lipinski definition) is 7. The summed E-state index contributed by atoms with van der Waals surface area (Å²) >= 11 is 0. The molecule has 0 aliphatic carbocycles. The summed E-state index contributed by atoms with van der Waals surface area (Å²) in [5.74, 6) is 1.66. The van der Waals surface area contributed by atoms with Crippen molar-refractivity contribution in [1.82, 2.24) is 15.0 Å². The van der Waals surface area contributed by atoms with Crippen LogP contribution >= 0.6 is 0 Å². The molecule has 3 heterocycles. The van der Waals surface area contributed by atoms with Gasteiger partial charge < -0.3 is 19.6 Å². The summed E-state index contributed by atoms with van der Waals surface area (Å²) in [6, 6.07) is 10.3. The van der Waals surface area contributed by atoms with Gasteiger partial charge in [0.25, 0.3) is 0 Å². The number of anilines is 2. The van der Waals surface area contributed by atoms with Crippen molar-refractivity contribution in [2.45, 2.75) is 44.6 Å². The van der Waals surface area contributed by atoms with Crippen LogP contribution in [0, 0.1) is 5.92 Å². The number of ether oxygens (including phenoxy) is 1. The molecule has 7 heteroatoms. The summed E-state index contributed by atoms with van der Waals surface area (Å²) in [5, 5.41) is 10.7. The minimum absolute atomic E-state index is 0.252. The summed E-state index contributed by atoms with van der Waals surface area (Å²) in [6.07, 6.45) is 6.27. The number of aromatic nitrogens is 3. The largest absolute Gasteiger partial charge is 0.467 e. The van der Waals surface area contributed by atoms with Crippen molar-refractivity contribution >= 4 is 11.9 Å². The molecule has 0 radical (unpaired) electrons. The molecule has 0 bridgehead atoms. The Labute approximate surface area is 172 Å². The van der Waals surface area contributed by atoms with Gasteiger partial charge in [0, 0.05) is 26.2 Å². The Balaban J connectivity index is 1.45. The van der Waals surface area contributed by atoms with Gasteiger partial charge in [-0.15, -0.1) is 0 Å². The lowest BCUT2D eigenvalue weighted by molar-refractivity contribution is 0.0927. The van der Waals surface area contributed by atoms with Gasteiger partial charge in [0.05, 0.1) is 13.2 Å². The molecular formula is C22H31N5O2. The second kappa shape index (κ2) is 9.39. The average molecular weight is 398 g/mol. The third-order valence-electron chi connectivity index (χ3n) is 6.07. The Morgan fingerprint density at radius 1 is 0.862 bits per heavy atom. The molecule has 1 aromatic heterocycles. The number of hydrogen-bond donors (Lipinski definition) is 1. The van der Waals surface area contributed by atoms with Crippen molar-refractivity contribution in [3.05, 3.63) is 35.9 Å². The molecule has 2 aliphatic heterocycles. The predicted octanol–water partition coefficient (Wildman–Crippen LogP) is 3.21. The van der Waals surface area contributed by atoms with E-state index in [0.717, 1.165) is 50.5 Å². The highest BCUT2D eigenvalue weighted by atomic mass is 16.5. The van der Waals surface area contributed by atoms with Gasteiger partial charge in [0.15, 0.2) is 0 Å². The van der Waals surface area contributed by atoms with Crippen molar-refractivity contribution in [3.63, 3.8) is 0 Å². The van der Waals surface area contributed by atoms with Crippen LogP contribution in [-0.4, -0.2) is 53.3 Å². The van der Waals surface area contributed by atoms with Crippen molar-refractivity contribution in [3.8, 4) is 6.01 Å². The Hall–Kier alpha value is -2.41. The molecule has 2 aromatic rings. The maximum absolute atomic E-state index is 10.7. The predicted molar refractivity (Wildman–Crippen MR) is 113 cm³/mol. The fourth-order valence-electron chi connectivity index (χ4n) is 4.32.